The first-order chi connectivity index (χ1) is 12.9. The molecule has 0 saturated carbocycles. The van der Waals surface area contributed by atoms with Crippen LogP contribution in [0.1, 0.15) is 11.3 Å². The van der Waals surface area contributed by atoms with E-state index in [-0.39, 0.29) is 0 Å². The van der Waals surface area contributed by atoms with Gasteiger partial charge in [0.2, 0.25) is 0 Å². The molecule has 0 spiro atoms. The molecule has 4 rings (SSSR count). The van der Waals surface area contributed by atoms with Crippen molar-refractivity contribution in [1.29, 1.82) is 0 Å². The number of anilines is 2. The molecule has 7 heteroatoms. The van der Waals surface area contributed by atoms with E-state index in [9.17, 15) is 0 Å². The van der Waals surface area contributed by atoms with Gasteiger partial charge in [-0.15, -0.1) is 0 Å². The van der Waals surface area contributed by atoms with Crippen LogP contribution in [-0.2, 0) is 12.8 Å². The maximum absolute atomic E-state index is 5.49. The Morgan fingerprint density at radius 3 is 2.81 bits per heavy atom. The molecule has 3 aromatic rings. The molecule has 0 bridgehead atoms. The number of aromatic nitrogens is 3. The summed E-state index contributed by atoms with van der Waals surface area (Å²) in [4.78, 5) is 13.6. The molecule has 1 aliphatic rings. The first kappa shape index (κ1) is 16.5. The fourth-order valence-electron chi connectivity index (χ4n) is 3.06. The molecule has 0 unspecified atom stereocenters. The normalized spacial score (nSPS) is 13.7. The molecular formula is C19H22N6O. The molecule has 134 valence electrons. The van der Waals surface area contributed by atoms with E-state index in [1.807, 2.05) is 30.5 Å². The predicted molar refractivity (Wildman–Crippen MR) is 101 cm³/mol. The number of nitrogens with one attached hydrogen (secondary N) is 3. The summed E-state index contributed by atoms with van der Waals surface area (Å²) in [5, 5.41) is 10.2. The van der Waals surface area contributed by atoms with Crippen LogP contribution in [0.2, 0.25) is 0 Å². The zero-order valence-corrected chi connectivity index (χ0v) is 14.5. The summed E-state index contributed by atoms with van der Waals surface area (Å²) in [7, 11) is 0. The fourth-order valence-corrected chi connectivity index (χ4v) is 3.06. The van der Waals surface area contributed by atoms with Crippen molar-refractivity contribution in [3.8, 4) is 11.6 Å². The van der Waals surface area contributed by atoms with Crippen LogP contribution < -0.4 is 16.0 Å². The molecule has 0 atom stereocenters. The summed E-state index contributed by atoms with van der Waals surface area (Å²) < 4.78 is 5.49. The van der Waals surface area contributed by atoms with Gasteiger partial charge in [-0.2, -0.15) is 0 Å². The lowest BCUT2D eigenvalue weighted by molar-refractivity contribution is 0.576. The highest BCUT2D eigenvalue weighted by molar-refractivity contribution is 5.56. The minimum atomic E-state index is 0.637. The van der Waals surface area contributed by atoms with Crippen LogP contribution in [0, 0.1) is 0 Å². The van der Waals surface area contributed by atoms with E-state index >= 15 is 0 Å². The maximum atomic E-state index is 5.49. The van der Waals surface area contributed by atoms with Gasteiger partial charge in [0.25, 0.3) is 0 Å². The molecule has 0 radical (unpaired) electrons. The topological polar surface area (TPSA) is 87.9 Å². The van der Waals surface area contributed by atoms with Gasteiger partial charge in [-0.25, -0.2) is 9.97 Å². The van der Waals surface area contributed by atoms with Gasteiger partial charge in [0.05, 0.1) is 17.6 Å². The van der Waals surface area contributed by atoms with Crippen molar-refractivity contribution in [1.82, 2.24) is 20.3 Å². The Bertz CT molecular complexity index is 835. The Morgan fingerprint density at radius 2 is 1.96 bits per heavy atom. The average Bonchev–Trinajstić information content (AvgIpc) is 3.11. The van der Waals surface area contributed by atoms with E-state index in [4.69, 9.17) is 14.4 Å². The Labute approximate surface area is 152 Å². The Hall–Kier alpha value is -2.93. The van der Waals surface area contributed by atoms with Crippen LogP contribution in [0.25, 0.3) is 11.6 Å². The summed E-state index contributed by atoms with van der Waals surface area (Å²) >= 11 is 0. The molecule has 0 aliphatic carbocycles. The lowest BCUT2D eigenvalue weighted by atomic mass is 10.1. The highest BCUT2D eigenvalue weighted by Crippen LogP contribution is 2.24. The summed E-state index contributed by atoms with van der Waals surface area (Å²) in [5.74, 6) is 2.23. The quantitative estimate of drug-likeness (QED) is 0.588. The van der Waals surface area contributed by atoms with Crippen molar-refractivity contribution in [3.05, 3.63) is 54.2 Å². The number of furan rings is 1. The molecule has 3 aromatic heterocycles. The third-order valence-corrected chi connectivity index (χ3v) is 4.33. The van der Waals surface area contributed by atoms with Gasteiger partial charge < -0.3 is 20.4 Å². The van der Waals surface area contributed by atoms with Crippen LogP contribution in [-0.4, -0.2) is 41.1 Å². The third-order valence-electron chi connectivity index (χ3n) is 4.33. The predicted octanol–water partition coefficient (Wildman–Crippen LogP) is 2.34. The van der Waals surface area contributed by atoms with Crippen molar-refractivity contribution in [2.45, 2.75) is 12.8 Å². The van der Waals surface area contributed by atoms with Crippen molar-refractivity contribution >= 4 is 11.5 Å². The third kappa shape index (κ3) is 3.83. The Kier molecular flexibility index (Phi) is 5.07. The monoisotopic (exact) mass is 350 g/mol. The molecule has 0 aromatic carbocycles. The summed E-state index contributed by atoms with van der Waals surface area (Å²) in [5.41, 5.74) is 3.31. The minimum absolute atomic E-state index is 0.637. The highest BCUT2D eigenvalue weighted by Gasteiger charge is 2.18. The smallest absolute Gasteiger partial charge is 0.197 e. The highest BCUT2D eigenvalue weighted by atomic mass is 16.3. The largest absolute Gasteiger partial charge is 0.461 e. The van der Waals surface area contributed by atoms with E-state index in [2.05, 4.69) is 20.9 Å². The maximum Gasteiger partial charge on any atom is 0.197 e. The van der Waals surface area contributed by atoms with E-state index in [0.29, 0.717) is 11.6 Å². The van der Waals surface area contributed by atoms with Gasteiger partial charge in [0.1, 0.15) is 5.82 Å². The minimum Gasteiger partial charge on any atom is -0.461 e. The van der Waals surface area contributed by atoms with Gasteiger partial charge in [0, 0.05) is 44.0 Å². The number of fused-ring (bicyclic) bond motifs is 1. The molecule has 1 aliphatic heterocycles. The van der Waals surface area contributed by atoms with Crippen LogP contribution >= 0.6 is 0 Å². The summed E-state index contributed by atoms with van der Waals surface area (Å²) in [6.45, 7) is 3.41. The van der Waals surface area contributed by atoms with E-state index in [1.54, 1.807) is 12.5 Å². The summed E-state index contributed by atoms with van der Waals surface area (Å²) in [6.07, 6.45) is 7.05. The first-order valence-corrected chi connectivity index (χ1v) is 8.92. The molecular weight excluding hydrogens is 328 g/mol. The SMILES string of the molecule is c1cncc(NCCNc2nc(-c3ccco3)nc3c2CCNCC3)c1. The van der Waals surface area contributed by atoms with Gasteiger partial charge >= 0.3 is 0 Å². The first-order valence-electron chi connectivity index (χ1n) is 8.92. The van der Waals surface area contributed by atoms with Crippen molar-refractivity contribution in [2.75, 3.05) is 36.8 Å². The molecule has 3 N–H and O–H groups in total. The van der Waals surface area contributed by atoms with Gasteiger partial charge in [-0.3, -0.25) is 4.98 Å². The zero-order chi connectivity index (χ0) is 17.6. The van der Waals surface area contributed by atoms with Gasteiger partial charge in [-0.1, -0.05) is 0 Å². The molecule has 0 amide bonds. The Balaban J connectivity index is 1.50. The fraction of sp³-hybridized carbons (Fsp3) is 0.316. The van der Waals surface area contributed by atoms with Crippen LogP contribution in [0.4, 0.5) is 11.5 Å². The van der Waals surface area contributed by atoms with E-state index in [0.717, 1.165) is 56.2 Å². The van der Waals surface area contributed by atoms with Crippen LogP contribution in [0.5, 0.6) is 0 Å². The van der Waals surface area contributed by atoms with Gasteiger partial charge in [0.15, 0.2) is 11.6 Å². The molecule has 4 heterocycles. The second-order valence-electron chi connectivity index (χ2n) is 6.14. The van der Waals surface area contributed by atoms with Gasteiger partial charge in [-0.05, 0) is 37.2 Å². The molecule has 26 heavy (non-hydrogen) atoms. The average molecular weight is 350 g/mol. The lowest BCUT2D eigenvalue weighted by Gasteiger charge is -2.14. The summed E-state index contributed by atoms with van der Waals surface area (Å²) in [6, 6.07) is 7.67. The number of hydrogen-bond acceptors (Lipinski definition) is 7. The van der Waals surface area contributed by atoms with Crippen molar-refractivity contribution < 1.29 is 4.42 Å². The number of nitrogens with zero attached hydrogens (tertiary/aromatic N) is 3. The number of hydrogen-bond donors (Lipinski definition) is 3. The van der Waals surface area contributed by atoms with Crippen LogP contribution in [0.3, 0.4) is 0 Å². The van der Waals surface area contributed by atoms with Crippen molar-refractivity contribution in [3.63, 3.8) is 0 Å². The molecule has 0 fully saturated rings. The van der Waals surface area contributed by atoms with E-state index in [1.165, 1.54) is 5.56 Å². The van der Waals surface area contributed by atoms with Crippen LogP contribution in [0.15, 0.2) is 47.3 Å². The number of pyridine rings is 1. The van der Waals surface area contributed by atoms with Crippen molar-refractivity contribution in [2.24, 2.45) is 0 Å². The lowest BCUT2D eigenvalue weighted by Crippen LogP contribution is -2.17. The second-order valence-corrected chi connectivity index (χ2v) is 6.14. The standard InChI is InChI=1S/C19H22N6O/c1-3-14(13-21-7-1)22-10-11-23-18-15-5-8-20-9-6-16(15)24-19(25-18)17-4-2-12-26-17/h1-4,7,12-13,20,22H,5-6,8-11H2,(H,23,24,25). The second kappa shape index (κ2) is 7.97. The molecule has 7 nitrogen and oxygen atoms in total. The zero-order valence-electron chi connectivity index (χ0n) is 14.5. The Morgan fingerprint density at radius 1 is 1.04 bits per heavy atom. The number of rotatable bonds is 6. The molecule has 0 saturated heterocycles. The van der Waals surface area contributed by atoms with E-state index < -0.39 is 0 Å².